The quantitative estimate of drug-likeness (QED) is 0.378. The third-order valence-electron chi connectivity index (χ3n) is 3.00. The topological polar surface area (TPSA) is 24.7 Å². The zero-order valence-electron chi connectivity index (χ0n) is 13.1. The Balaban J connectivity index is 3.39. The van der Waals surface area contributed by atoms with Crippen LogP contribution in [0.2, 0.25) is 0 Å². The first-order chi connectivity index (χ1) is 9.72. The van der Waals surface area contributed by atoms with E-state index in [4.69, 9.17) is 23.2 Å². The van der Waals surface area contributed by atoms with Crippen LogP contribution in [0.25, 0.3) is 5.57 Å². The van der Waals surface area contributed by atoms with Gasteiger partial charge in [-0.1, -0.05) is 47.5 Å². The molecular formula is C17H20Cl2N2. The van der Waals surface area contributed by atoms with Gasteiger partial charge in [-0.3, -0.25) is 0 Å². The number of nitrogens with zero attached hydrogens (tertiary/aromatic N) is 2. The van der Waals surface area contributed by atoms with Crippen LogP contribution in [-0.4, -0.2) is 11.0 Å². The SMILES string of the molecule is C=C(Cl)/N=C(Cl)\N=C(/C)C(=C(C)C)c1cc(C)ccc1C. The summed E-state index contributed by atoms with van der Waals surface area (Å²) in [6, 6.07) is 6.36. The van der Waals surface area contributed by atoms with Gasteiger partial charge in [0.05, 0.1) is 0 Å². The summed E-state index contributed by atoms with van der Waals surface area (Å²) < 4.78 is 0. The molecule has 0 unspecified atom stereocenters. The van der Waals surface area contributed by atoms with Gasteiger partial charge in [0.25, 0.3) is 0 Å². The second kappa shape index (κ2) is 7.58. The molecule has 0 fully saturated rings. The second-order valence-corrected chi connectivity index (χ2v) is 5.92. The number of benzene rings is 1. The van der Waals surface area contributed by atoms with E-state index in [1.54, 1.807) is 0 Å². The third-order valence-corrected chi connectivity index (χ3v) is 3.25. The van der Waals surface area contributed by atoms with Gasteiger partial charge in [-0.25, -0.2) is 9.98 Å². The van der Waals surface area contributed by atoms with E-state index in [1.807, 2.05) is 6.92 Å². The number of allylic oxidation sites excluding steroid dienone is 2. The molecule has 0 bridgehead atoms. The number of rotatable bonds is 3. The van der Waals surface area contributed by atoms with Crippen molar-refractivity contribution in [2.75, 3.05) is 0 Å². The summed E-state index contributed by atoms with van der Waals surface area (Å²) >= 11 is 11.6. The van der Waals surface area contributed by atoms with Gasteiger partial charge in [0.15, 0.2) is 0 Å². The lowest BCUT2D eigenvalue weighted by Crippen LogP contribution is -2.03. The molecule has 1 aromatic carbocycles. The first-order valence-corrected chi connectivity index (χ1v) is 7.37. The Morgan fingerprint density at radius 2 is 1.67 bits per heavy atom. The minimum absolute atomic E-state index is 0.0801. The summed E-state index contributed by atoms with van der Waals surface area (Å²) in [4.78, 5) is 8.15. The fraction of sp³-hybridized carbons (Fsp3) is 0.294. The van der Waals surface area contributed by atoms with E-state index in [0.29, 0.717) is 0 Å². The molecule has 0 saturated heterocycles. The number of amidine groups is 1. The monoisotopic (exact) mass is 322 g/mol. The lowest BCUT2D eigenvalue weighted by Gasteiger charge is -2.14. The summed E-state index contributed by atoms with van der Waals surface area (Å²) in [6.07, 6.45) is 0. The lowest BCUT2D eigenvalue weighted by molar-refractivity contribution is 1.33. The fourth-order valence-electron chi connectivity index (χ4n) is 2.15. The zero-order valence-corrected chi connectivity index (χ0v) is 14.6. The molecule has 1 rings (SSSR count). The minimum atomic E-state index is 0.0801. The van der Waals surface area contributed by atoms with E-state index in [1.165, 1.54) is 16.7 Å². The van der Waals surface area contributed by atoms with Crippen LogP contribution in [0.3, 0.4) is 0 Å². The molecule has 0 aliphatic carbocycles. The Morgan fingerprint density at radius 3 is 2.19 bits per heavy atom. The van der Waals surface area contributed by atoms with Crippen LogP contribution in [0.5, 0.6) is 0 Å². The molecule has 4 heteroatoms. The molecule has 0 aliphatic rings. The van der Waals surface area contributed by atoms with Gasteiger partial charge in [-0.15, -0.1) is 0 Å². The smallest absolute Gasteiger partial charge is 0.223 e. The first kappa shape index (κ1) is 17.7. The van der Waals surface area contributed by atoms with Crippen LogP contribution in [0, 0.1) is 13.8 Å². The first-order valence-electron chi connectivity index (χ1n) is 6.61. The highest BCUT2D eigenvalue weighted by molar-refractivity contribution is 6.66. The number of hydrogen-bond donors (Lipinski definition) is 0. The van der Waals surface area contributed by atoms with Crippen molar-refractivity contribution in [3.8, 4) is 0 Å². The molecule has 0 spiro atoms. The van der Waals surface area contributed by atoms with Crippen LogP contribution in [0.1, 0.15) is 37.5 Å². The molecular weight excluding hydrogens is 303 g/mol. The summed E-state index contributed by atoms with van der Waals surface area (Å²) in [7, 11) is 0. The molecule has 0 radical (unpaired) electrons. The van der Waals surface area contributed by atoms with E-state index >= 15 is 0 Å². The molecule has 0 saturated carbocycles. The van der Waals surface area contributed by atoms with Crippen LogP contribution < -0.4 is 0 Å². The van der Waals surface area contributed by atoms with E-state index < -0.39 is 0 Å². The second-order valence-electron chi connectivity index (χ2n) is 5.15. The minimum Gasteiger partial charge on any atom is -0.223 e. The van der Waals surface area contributed by atoms with Gasteiger partial charge >= 0.3 is 0 Å². The zero-order chi connectivity index (χ0) is 16.2. The van der Waals surface area contributed by atoms with Gasteiger partial charge in [-0.05, 0) is 57.3 Å². The largest absolute Gasteiger partial charge is 0.223 e. The van der Waals surface area contributed by atoms with Crippen LogP contribution >= 0.6 is 23.2 Å². The van der Waals surface area contributed by atoms with Crippen molar-refractivity contribution in [3.05, 3.63) is 52.2 Å². The molecule has 0 heterocycles. The van der Waals surface area contributed by atoms with Crippen molar-refractivity contribution in [3.63, 3.8) is 0 Å². The Labute approximate surface area is 136 Å². The molecule has 0 N–H and O–H groups in total. The molecule has 0 atom stereocenters. The maximum atomic E-state index is 5.97. The maximum absolute atomic E-state index is 5.97. The number of aliphatic imine (C=N–C) groups is 2. The van der Waals surface area contributed by atoms with Crippen molar-refractivity contribution in [2.24, 2.45) is 9.98 Å². The lowest BCUT2D eigenvalue weighted by atomic mass is 9.92. The molecule has 112 valence electrons. The summed E-state index contributed by atoms with van der Waals surface area (Å²) in [5, 5.41) is 0.193. The van der Waals surface area contributed by atoms with Gasteiger partial charge in [0.1, 0.15) is 5.16 Å². The van der Waals surface area contributed by atoms with Crippen LogP contribution in [-0.2, 0) is 0 Å². The molecule has 1 aromatic rings. The van der Waals surface area contributed by atoms with Gasteiger partial charge < -0.3 is 0 Å². The average molecular weight is 323 g/mol. The Hall–Kier alpha value is -1.38. The van der Waals surface area contributed by atoms with Gasteiger partial charge in [0.2, 0.25) is 5.29 Å². The van der Waals surface area contributed by atoms with Crippen LogP contribution in [0.4, 0.5) is 0 Å². The van der Waals surface area contributed by atoms with Gasteiger partial charge in [0, 0.05) is 11.3 Å². The summed E-state index contributed by atoms with van der Waals surface area (Å²) in [5.41, 5.74) is 6.60. The van der Waals surface area contributed by atoms with Crippen molar-refractivity contribution < 1.29 is 0 Å². The van der Waals surface area contributed by atoms with E-state index in [-0.39, 0.29) is 10.5 Å². The third kappa shape index (κ3) is 5.14. The van der Waals surface area contributed by atoms with E-state index in [9.17, 15) is 0 Å². The van der Waals surface area contributed by atoms with Crippen molar-refractivity contribution in [1.82, 2.24) is 0 Å². The Kier molecular flexibility index (Phi) is 6.38. The standard InChI is InChI=1S/C17H20Cl2N2/c1-10(2)16(13(5)20-17(19)21-14(6)18)15-9-11(3)7-8-12(15)4/h7-9H,6H2,1-5H3/b20-13+,21-17-. The van der Waals surface area contributed by atoms with Gasteiger partial charge in [-0.2, -0.15) is 0 Å². The average Bonchev–Trinajstić information content (AvgIpc) is 2.32. The molecule has 0 amide bonds. The maximum Gasteiger partial charge on any atom is 0.223 e. The fourth-order valence-corrected chi connectivity index (χ4v) is 2.50. The number of aryl methyl sites for hydroxylation is 2. The number of halogens is 2. The Bertz CT molecular complexity index is 649. The predicted octanol–water partition coefficient (Wildman–Crippen LogP) is 5.86. The number of hydrogen-bond acceptors (Lipinski definition) is 1. The van der Waals surface area contributed by atoms with E-state index in [2.05, 4.69) is 62.5 Å². The molecule has 0 aliphatic heterocycles. The highest BCUT2D eigenvalue weighted by Crippen LogP contribution is 2.25. The van der Waals surface area contributed by atoms with Crippen molar-refractivity contribution in [1.29, 1.82) is 0 Å². The Morgan fingerprint density at radius 1 is 1.05 bits per heavy atom. The highest BCUT2D eigenvalue weighted by atomic mass is 35.5. The van der Waals surface area contributed by atoms with E-state index in [0.717, 1.165) is 16.8 Å². The van der Waals surface area contributed by atoms with Crippen molar-refractivity contribution in [2.45, 2.75) is 34.6 Å². The molecule has 2 nitrogen and oxygen atoms in total. The molecule has 0 aromatic heterocycles. The predicted molar refractivity (Wildman–Crippen MR) is 95.6 cm³/mol. The summed E-state index contributed by atoms with van der Waals surface area (Å²) in [6.45, 7) is 13.7. The normalized spacial score (nSPS) is 12.3. The highest BCUT2D eigenvalue weighted by Gasteiger charge is 2.11. The van der Waals surface area contributed by atoms with Crippen molar-refractivity contribution >= 4 is 39.8 Å². The summed E-state index contributed by atoms with van der Waals surface area (Å²) in [5.74, 6) is 0. The molecule has 21 heavy (non-hydrogen) atoms. The van der Waals surface area contributed by atoms with Crippen LogP contribution in [0.15, 0.2) is 45.5 Å².